The van der Waals surface area contributed by atoms with Crippen LogP contribution in [0.1, 0.15) is 27.0 Å². The van der Waals surface area contributed by atoms with Crippen LogP contribution in [0.25, 0.3) is 0 Å². The van der Waals surface area contributed by atoms with Crippen LogP contribution in [0.2, 0.25) is 0 Å². The van der Waals surface area contributed by atoms with E-state index >= 15 is 0 Å². The molecule has 4 rings (SSSR count). The number of carboxylic acid groups (broad SMARTS) is 1. The Morgan fingerprint density at radius 2 is 1.32 bits per heavy atom. The summed E-state index contributed by atoms with van der Waals surface area (Å²) in [4.78, 5) is 24.4. The van der Waals surface area contributed by atoms with Crippen molar-refractivity contribution in [2.45, 2.75) is 25.7 Å². The Morgan fingerprint density at radius 3 is 1.89 bits per heavy atom. The molecule has 8 heteroatoms. The van der Waals surface area contributed by atoms with Gasteiger partial charge in [-0.05, 0) is 47.0 Å². The van der Waals surface area contributed by atoms with Gasteiger partial charge in [0.2, 0.25) is 0 Å². The van der Waals surface area contributed by atoms with Gasteiger partial charge in [-0.3, -0.25) is 4.79 Å². The van der Waals surface area contributed by atoms with E-state index in [1.807, 2.05) is 60.7 Å². The van der Waals surface area contributed by atoms with Crippen molar-refractivity contribution in [1.29, 1.82) is 0 Å². The Kier molecular flexibility index (Phi) is 8.66. The van der Waals surface area contributed by atoms with Gasteiger partial charge >= 0.3 is 5.97 Å². The predicted molar refractivity (Wildman–Crippen MR) is 137 cm³/mol. The van der Waals surface area contributed by atoms with Crippen LogP contribution in [-0.4, -0.2) is 23.0 Å². The molecule has 4 aromatic rings. The molecule has 0 radical (unpaired) electrons. The molecule has 1 atom stereocenters. The molecule has 38 heavy (non-hydrogen) atoms. The second-order valence-corrected chi connectivity index (χ2v) is 8.53. The Bertz CT molecular complexity index is 1400. The number of halogens is 2. The molecule has 0 bridgehead atoms. The maximum atomic E-state index is 13.5. The van der Waals surface area contributed by atoms with Crippen molar-refractivity contribution in [3.05, 3.63) is 131 Å². The first kappa shape index (κ1) is 26.3. The van der Waals surface area contributed by atoms with Gasteiger partial charge in [0.15, 0.2) is 23.1 Å². The van der Waals surface area contributed by atoms with Crippen LogP contribution < -0.4 is 14.8 Å². The molecule has 0 aliphatic heterocycles. The van der Waals surface area contributed by atoms with Crippen LogP contribution >= 0.6 is 0 Å². The number of carbonyl (C=O) groups excluding carboxylic acids is 1. The lowest BCUT2D eigenvalue weighted by Gasteiger charge is -2.17. The lowest BCUT2D eigenvalue weighted by atomic mass is 10.0. The molecule has 0 unspecified atom stereocenters. The van der Waals surface area contributed by atoms with Crippen molar-refractivity contribution in [1.82, 2.24) is 5.32 Å². The second kappa shape index (κ2) is 12.5. The fourth-order valence-corrected chi connectivity index (χ4v) is 3.70. The molecule has 4 aromatic carbocycles. The molecule has 2 N–H and O–H groups in total. The first-order chi connectivity index (χ1) is 18.4. The first-order valence-corrected chi connectivity index (χ1v) is 11.8. The third kappa shape index (κ3) is 7.16. The Morgan fingerprint density at radius 1 is 0.711 bits per heavy atom. The second-order valence-electron chi connectivity index (χ2n) is 8.53. The van der Waals surface area contributed by atoms with Gasteiger partial charge in [0.05, 0.1) is 0 Å². The van der Waals surface area contributed by atoms with Gasteiger partial charge in [-0.1, -0.05) is 66.7 Å². The average molecular weight is 518 g/mol. The van der Waals surface area contributed by atoms with E-state index in [4.69, 9.17) is 9.47 Å². The zero-order chi connectivity index (χ0) is 26.9. The van der Waals surface area contributed by atoms with Crippen molar-refractivity contribution in [3.63, 3.8) is 0 Å². The minimum Gasteiger partial charge on any atom is -0.485 e. The summed E-state index contributed by atoms with van der Waals surface area (Å²) in [5.41, 5.74) is 2.29. The molecule has 0 saturated carbocycles. The molecule has 0 saturated heterocycles. The summed E-state index contributed by atoms with van der Waals surface area (Å²) < 4.78 is 38.8. The van der Waals surface area contributed by atoms with Crippen LogP contribution in [0, 0.1) is 11.6 Å². The molecule has 0 aromatic heterocycles. The number of carbonyl (C=O) groups is 2. The number of hydrogen-bond donors (Lipinski definition) is 2. The molecule has 0 heterocycles. The fourth-order valence-electron chi connectivity index (χ4n) is 3.70. The molecule has 194 valence electrons. The smallest absolute Gasteiger partial charge is 0.326 e. The number of nitrogens with one attached hydrogen (secondary N) is 1. The maximum absolute atomic E-state index is 13.5. The van der Waals surface area contributed by atoms with E-state index in [1.165, 1.54) is 0 Å². The normalized spacial score (nSPS) is 11.4. The van der Waals surface area contributed by atoms with Gasteiger partial charge < -0.3 is 19.9 Å². The minimum absolute atomic E-state index is 0.0780. The molecular weight excluding hydrogens is 492 g/mol. The highest BCUT2D eigenvalue weighted by molar-refractivity contribution is 5.96. The largest absolute Gasteiger partial charge is 0.485 e. The monoisotopic (exact) mass is 517 g/mol. The van der Waals surface area contributed by atoms with E-state index in [1.54, 1.807) is 18.2 Å². The summed E-state index contributed by atoms with van der Waals surface area (Å²) in [6.45, 7) is 0.575. The van der Waals surface area contributed by atoms with E-state index in [2.05, 4.69) is 5.32 Å². The van der Waals surface area contributed by atoms with Crippen LogP contribution in [0.3, 0.4) is 0 Å². The third-order valence-corrected chi connectivity index (χ3v) is 5.71. The molecule has 1 amide bonds. The number of carboxylic acids is 1. The zero-order valence-corrected chi connectivity index (χ0v) is 20.3. The predicted octanol–water partition coefficient (Wildman–Crippen LogP) is 5.55. The third-order valence-electron chi connectivity index (χ3n) is 5.71. The van der Waals surface area contributed by atoms with Gasteiger partial charge in [-0.15, -0.1) is 0 Å². The highest BCUT2D eigenvalue weighted by atomic mass is 19.2. The minimum atomic E-state index is -1.33. The van der Waals surface area contributed by atoms with E-state index < -0.39 is 29.6 Å². The van der Waals surface area contributed by atoms with Crippen molar-refractivity contribution in [2.75, 3.05) is 0 Å². The summed E-state index contributed by atoms with van der Waals surface area (Å²) in [5, 5.41) is 12.1. The SMILES string of the molecule is O=C(N[C@H](Cc1ccc(OCc2ccccc2)c(OCc2ccccc2)c1)C(=O)O)c1ccc(F)c(F)c1. The van der Waals surface area contributed by atoms with Crippen LogP contribution in [0.5, 0.6) is 11.5 Å². The van der Waals surface area contributed by atoms with Crippen LogP contribution in [0.4, 0.5) is 8.78 Å². The van der Waals surface area contributed by atoms with Crippen molar-refractivity contribution in [2.24, 2.45) is 0 Å². The maximum Gasteiger partial charge on any atom is 0.326 e. The Balaban J connectivity index is 1.52. The summed E-state index contributed by atoms with van der Waals surface area (Å²) in [5.74, 6) is -3.52. The fraction of sp³-hybridized carbons (Fsp3) is 0.133. The summed E-state index contributed by atoms with van der Waals surface area (Å²) in [6.07, 6.45) is -0.0780. The topological polar surface area (TPSA) is 84.9 Å². The highest BCUT2D eigenvalue weighted by Gasteiger charge is 2.23. The molecule has 6 nitrogen and oxygen atoms in total. The molecule has 0 fully saturated rings. The van der Waals surface area contributed by atoms with E-state index in [0.29, 0.717) is 23.7 Å². The van der Waals surface area contributed by atoms with Crippen LogP contribution in [0.15, 0.2) is 97.1 Å². The number of aliphatic carboxylic acids is 1. The van der Waals surface area contributed by atoms with Crippen molar-refractivity contribution in [3.8, 4) is 11.5 Å². The standard InChI is InChI=1S/C30H25F2NO5/c31-24-13-12-23(17-25(24)32)29(34)33-26(30(35)36)15-22-11-14-27(37-18-20-7-3-1-4-8-20)28(16-22)38-19-21-9-5-2-6-10-21/h1-14,16-17,26H,15,18-19H2,(H,33,34)(H,35,36)/t26-/m1/s1. The Hall–Kier alpha value is -4.72. The highest BCUT2D eigenvalue weighted by Crippen LogP contribution is 2.30. The molecule has 0 spiro atoms. The zero-order valence-electron chi connectivity index (χ0n) is 20.3. The van der Waals surface area contributed by atoms with Gasteiger partial charge in [0.25, 0.3) is 5.91 Å². The summed E-state index contributed by atoms with van der Waals surface area (Å²) in [6, 6.07) is 25.5. The van der Waals surface area contributed by atoms with Gasteiger partial charge in [0.1, 0.15) is 19.3 Å². The molecule has 0 aliphatic carbocycles. The lowest BCUT2D eigenvalue weighted by molar-refractivity contribution is -0.139. The van der Waals surface area contributed by atoms with Gasteiger partial charge in [0, 0.05) is 12.0 Å². The van der Waals surface area contributed by atoms with Crippen molar-refractivity contribution >= 4 is 11.9 Å². The van der Waals surface area contributed by atoms with Crippen molar-refractivity contribution < 1.29 is 33.0 Å². The quantitative estimate of drug-likeness (QED) is 0.273. The van der Waals surface area contributed by atoms with E-state index in [9.17, 15) is 23.5 Å². The molecular formula is C30H25F2NO5. The summed E-state index contributed by atoms with van der Waals surface area (Å²) in [7, 11) is 0. The number of benzene rings is 4. The molecule has 0 aliphatic rings. The first-order valence-electron chi connectivity index (χ1n) is 11.8. The van der Waals surface area contributed by atoms with E-state index in [-0.39, 0.29) is 18.6 Å². The number of hydrogen-bond acceptors (Lipinski definition) is 4. The summed E-state index contributed by atoms with van der Waals surface area (Å²) >= 11 is 0. The van der Waals surface area contributed by atoms with Crippen LogP contribution in [-0.2, 0) is 24.4 Å². The van der Waals surface area contributed by atoms with Gasteiger partial charge in [-0.25, -0.2) is 13.6 Å². The number of rotatable bonds is 11. The number of amides is 1. The van der Waals surface area contributed by atoms with Gasteiger partial charge in [-0.2, -0.15) is 0 Å². The lowest BCUT2D eigenvalue weighted by Crippen LogP contribution is -2.42. The van der Waals surface area contributed by atoms with E-state index in [0.717, 1.165) is 29.3 Å². The Labute approximate surface area is 218 Å². The number of ether oxygens (including phenoxy) is 2. The average Bonchev–Trinajstić information content (AvgIpc) is 2.93.